The molecule has 0 unspecified atom stereocenters. The molecule has 1 fully saturated rings. The summed E-state index contributed by atoms with van der Waals surface area (Å²) < 4.78 is 44.9. The number of hydrogen-bond acceptors (Lipinski definition) is 3. The molecule has 0 spiro atoms. The molecule has 0 atom stereocenters. The summed E-state index contributed by atoms with van der Waals surface area (Å²) in [6, 6.07) is 0. The minimum atomic E-state index is -4.33. The Morgan fingerprint density at radius 1 is 1.39 bits per heavy atom. The molecule has 8 heteroatoms. The molecule has 0 aromatic carbocycles. The molecule has 0 aromatic heterocycles. The first-order valence-corrected chi connectivity index (χ1v) is 5.50. The zero-order valence-electron chi connectivity index (χ0n) is 10.00. The molecule has 1 heterocycles. The maximum atomic E-state index is 11.8. The lowest BCUT2D eigenvalue weighted by molar-refractivity contribution is -0.141. The molecule has 1 amide bonds. The summed E-state index contributed by atoms with van der Waals surface area (Å²) in [5, 5.41) is 0. The molecule has 0 aliphatic carbocycles. The van der Waals surface area contributed by atoms with Crippen LogP contribution in [0.5, 0.6) is 0 Å². The fourth-order valence-electron chi connectivity index (χ4n) is 1.38. The van der Waals surface area contributed by atoms with Gasteiger partial charge in [0.15, 0.2) is 0 Å². The highest BCUT2D eigenvalue weighted by atomic mass is 19.4. The van der Waals surface area contributed by atoms with Gasteiger partial charge < -0.3 is 14.4 Å². The van der Waals surface area contributed by atoms with Crippen LogP contribution < -0.4 is 0 Å². The van der Waals surface area contributed by atoms with Crippen molar-refractivity contribution in [3.05, 3.63) is 0 Å². The predicted molar refractivity (Wildman–Crippen MR) is 57.5 cm³/mol. The maximum absolute atomic E-state index is 11.8. The number of amidine groups is 1. The third-order valence-corrected chi connectivity index (χ3v) is 2.33. The standard InChI is InChI=1S/C10H15F3N2O3/c1-8(15-3-6-17-7-4-15)14-9(16)18-5-2-10(11,12)13/h2-7H2,1H3. The lowest BCUT2D eigenvalue weighted by Crippen LogP contribution is -2.39. The number of amides is 1. The lowest BCUT2D eigenvalue weighted by Gasteiger charge is -2.27. The third kappa shape index (κ3) is 5.85. The fourth-order valence-corrected chi connectivity index (χ4v) is 1.38. The van der Waals surface area contributed by atoms with Gasteiger partial charge in [0, 0.05) is 13.1 Å². The molecule has 1 saturated heterocycles. The molecule has 1 aliphatic rings. The van der Waals surface area contributed by atoms with E-state index in [1.807, 2.05) is 4.90 Å². The van der Waals surface area contributed by atoms with Crippen molar-refractivity contribution in [2.75, 3.05) is 32.9 Å². The Morgan fingerprint density at radius 3 is 2.56 bits per heavy atom. The second kappa shape index (κ2) is 6.58. The van der Waals surface area contributed by atoms with E-state index in [1.165, 1.54) is 0 Å². The maximum Gasteiger partial charge on any atom is 0.435 e. The van der Waals surface area contributed by atoms with Gasteiger partial charge in [-0.05, 0) is 6.92 Å². The highest BCUT2D eigenvalue weighted by Crippen LogP contribution is 2.19. The number of carbonyl (C=O) groups is 1. The fraction of sp³-hybridized carbons (Fsp3) is 0.800. The van der Waals surface area contributed by atoms with Gasteiger partial charge in [-0.1, -0.05) is 0 Å². The summed E-state index contributed by atoms with van der Waals surface area (Å²) in [7, 11) is 0. The number of aliphatic imine (C=N–C) groups is 1. The van der Waals surface area contributed by atoms with Crippen LogP contribution in [0.1, 0.15) is 13.3 Å². The van der Waals surface area contributed by atoms with Crippen molar-refractivity contribution < 1.29 is 27.4 Å². The number of hydrogen-bond donors (Lipinski definition) is 0. The quantitative estimate of drug-likeness (QED) is 0.566. The summed E-state index contributed by atoms with van der Waals surface area (Å²) in [5.74, 6) is 0.426. The Bertz CT molecular complexity index is 312. The van der Waals surface area contributed by atoms with Crippen LogP contribution in [0, 0.1) is 0 Å². The lowest BCUT2D eigenvalue weighted by atomic mass is 10.4. The van der Waals surface area contributed by atoms with Gasteiger partial charge in [0.1, 0.15) is 12.4 Å². The van der Waals surface area contributed by atoms with E-state index in [0.29, 0.717) is 32.1 Å². The van der Waals surface area contributed by atoms with E-state index in [4.69, 9.17) is 4.74 Å². The minimum Gasteiger partial charge on any atom is -0.448 e. The smallest absolute Gasteiger partial charge is 0.435 e. The summed E-state index contributed by atoms with van der Waals surface area (Å²) >= 11 is 0. The number of carbonyl (C=O) groups excluding carboxylic acids is 1. The van der Waals surface area contributed by atoms with Gasteiger partial charge >= 0.3 is 12.3 Å². The molecule has 0 aromatic rings. The number of halogens is 3. The molecule has 0 N–H and O–H groups in total. The summed E-state index contributed by atoms with van der Waals surface area (Å²) in [4.78, 5) is 16.5. The average Bonchev–Trinajstić information content (AvgIpc) is 2.28. The van der Waals surface area contributed by atoms with Crippen LogP contribution in [0.25, 0.3) is 0 Å². The van der Waals surface area contributed by atoms with E-state index in [-0.39, 0.29) is 0 Å². The number of nitrogens with zero attached hydrogens (tertiary/aromatic N) is 2. The minimum absolute atomic E-state index is 0.426. The first-order chi connectivity index (χ1) is 8.38. The molecule has 0 saturated carbocycles. The van der Waals surface area contributed by atoms with E-state index in [0.717, 1.165) is 0 Å². The van der Waals surface area contributed by atoms with Crippen LogP contribution >= 0.6 is 0 Å². The number of ether oxygens (including phenoxy) is 2. The summed E-state index contributed by atoms with van der Waals surface area (Å²) in [5.41, 5.74) is 0. The van der Waals surface area contributed by atoms with Gasteiger partial charge in [0.05, 0.1) is 19.6 Å². The first kappa shape index (κ1) is 14.7. The van der Waals surface area contributed by atoms with Crippen molar-refractivity contribution in [2.45, 2.75) is 19.5 Å². The molecule has 104 valence electrons. The number of rotatable bonds is 2. The van der Waals surface area contributed by atoms with Crippen LogP contribution in [-0.4, -0.2) is 55.9 Å². The Balaban J connectivity index is 2.33. The van der Waals surface area contributed by atoms with Crippen molar-refractivity contribution in [3.63, 3.8) is 0 Å². The zero-order chi connectivity index (χ0) is 13.6. The van der Waals surface area contributed by atoms with Crippen molar-refractivity contribution in [2.24, 2.45) is 4.99 Å². The molecular weight excluding hydrogens is 253 g/mol. The molecule has 0 radical (unpaired) electrons. The Hall–Kier alpha value is -1.31. The van der Waals surface area contributed by atoms with E-state index >= 15 is 0 Å². The van der Waals surface area contributed by atoms with Crippen molar-refractivity contribution in [1.82, 2.24) is 4.90 Å². The normalized spacial score (nSPS) is 17.8. The molecular formula is C10H15F3N2O3. The number of alkyl halides is 3. The Kier molecular flexibility index (Phi) is 5.39. The molecule has 1 rings (SSSR count). The second-order valence-corrected chi connectivity index (χ2v) is 3.74. The average molecular weight is 268 g/mol. The molecule has 0 bridgehead atoms. The van der Waals surface area contributed by atoms with E-state index in [1.54, 1.807) is 6.92 Å². The molecule has 1 aliphatic heterocycles. The van der Waals surface area contributed by atoms with Gasteiger partial charge in [-0.2, -0.15) is 18.2 Å². The van der Waals surface area contributed by atoms with Crippen molar-refractivity contribution >= 4 is 11.9 Å². The van der Waals surface area contributed by atoms with Crippen molar-refractivity contribution in [3.8, 4) is 0 Å². The van der Waals surface area contributed by atoms with Gasteiger partial charge in [0.2, 0.25) is 0 Å². The highest BCUT2D eigenvalue weighted by molar-refractivity contribution is 5.90. The van der Waals surface area contributed by atoms with Crippen LogP contribution in [0.3, 0.4) is 0 Å². The van der Waals surface area contributed by atoms with Gasteiger partial charge in [-0.25, -0.2) is 4.79 Å². The second-order valence-electron chi connectivity index (χ2n) is 3.74. The van der Waals surface area contributed by atoms with Crippen LogP contribution in [0.4, 0.5) is 18.0 Å². The van der Waals surface area contributed by atoms with Gasteiger partial charge in [-0.15, -0.1) is 0 Å². The SMILES string of the molecule is CC(=NC(=O)OCCC(F)(F)F)N1CCOCC1. The topological polar surface area (TPSA) is 51.1 Å². The Labute approximate surface area is 103 Å². The first-order valence-electron chi connectivity index (χ1n) is 5.50. The monoisotopic (exact) mass is 268 g/mol. The Morgan fingerprint density at radius 2 is 2.00 bits per heavy atom. The zero-order valence-corrected chi connectivity index (χ0v) is 10.00. The van der Waals surface area contributed by atoms with E-state index in [9.17, 15) is 18.0 Å². The predicted octanol–water partition coefficient (Wildman–Crippen LogP) is 1.83. The molecule has 5 nitrogen and oxygen atoms in total. The van der Waals surface area contributed by atoms with Crippen LogP contribution in [0.2, 0.25) is 0 Å². The summed E-state index contributed by atoms with van der Waals surface area (Å²) in [6.45, 7) is 3.18. The van der Waals surface area contributed by atoms with E-state index in [2.05, 4.69) is 9.73 Å². The van der Waals surface area contributed by atoms with Crippen LogP contribution in [0.15, 0.2) is 4.99 Å². The molecule has 18 heavy (non-hydrogen) atoms. The number of morpholine rings is 1. The third-order valence-electron chi connectivity index (χ3n) is 2.33. The van der Waals surface area contributed by atoms with Gasteiger partial charge in [0.25, 0.3) is 0 Å². The van der Waals surface area contributed by atoms with E-state index < -0.39 is 25.3 Å². The van der Waals surface area contributed by atoms with Crippen molar-refractivity contribution in [1.29, 1.82) is 0 Å². The largest absolute Gasteiger partial charge is 0.448 e. The highest BCUT2D eigenvalue weighted by Gasteiger charge is 2.27. The van der Waals surface area contributed by atoms with Gasteiger partial charge in [-0.3, -0.25) is 0 Å². The van der Waals surface area contributed by atoms with Crippen LogP contribution in [-0.2, 0) is 9.47 Å². The summed E-state index contributed by atoms with van der Waals surface area (Å²) in [6.07, 6.45) is -6.49.